The summed E-state index contributed by atoms with van der Waals surface area (Å²) in [4.78, 5) is 27.0. The normalized spacial score (nSPS) is 11.1. The first-order chi connectivity index (χ1) is 20.4. The van der Waals surface area contributed by atoms with Gasteiger partial charge in [0.2, 0.25) is 10.0 Å². The number of rotatable bonds is 8. The molecule has 10 nitrogen and oxygen atoms in total. The van der Waals surface area contributed by atoms with Gasteiger partial charge in [0.15, 0.2) is 0 Å². The van der Waals surface area contributed by atoms with Crippen LogP contribution in [0.4, 0.5) is 19.7 Å². The zero-order valence-electron chi connectivity index (χ0n) is 23.4. The molecule has 0 aromatic heterocycles. The maximum Gasteiger partial charge on any atom is 0.418 e. The number of nitrogens with zero attached hydrogens (tertiary/aromatic N) is 1. The second kappa shape index (κ2) is 13.3. The van der Waals surface area contributed by atoms with Gasteiger partial charge < -0.3 is 15.0 Å². The lowest BCUT2D eigenvalue weighted by atomic mass is 10.1. The number of carbonyl (C=O) groups is 2. The average molecular weight is 604 g/mol. The molecule has 0 aliphatic heterocycles. The van der Waals surface area contributed by atoms with E-state index in [0.717, 1.165) is 17.7 Å². The molecule has 0 bridgehead atoms. The summed E-state index contributed by atoms with van der Waals surface area (Å²) in [5.74, 6) is -0.552. The first-order valence-electron chi connectivity index (χ1n) is 13.1. The van der Waals surface area contributed by atoms with E-state index in [-0.39, 0.29) is 35.1 Å². The molecular weight excluding hydrogens is 573 g/mol. The molecule has 0 saturated carbocycles. The molecule has 0 unspecified atom stereocenters. The number of ether oxygens (including phenoxy) is 1. The number of nitrogens with one attached hydrogen (secondary N) is 3. The van der Waals surface area contributed by atoms with Crippen LogP contribution in [0.1, 0.15) is 25.0 Å². The number of amidine groups is 1. The van der Waals surface area contributed by atoms with Crippen LogP contribution >= 0.6 is 0 Å². The molecule has 3 amide bonds. The maximum absolute atomic E-state index is 13.2. The lowest BCUT2D eigenvalue weighted by Crippen LogP contribution is -2.39. The van der Waals surface area contributed by atoms with E-state index in [9.17, 15) is 22.4 Å². The molecule has 0 saturated heterocycles. The highest BCUT2D eigenvalue weighted by Gasteiger charge is 2.19. The van der Waals surface area contributed by atoms with Gasteiger partial charge in [-0.2, -0.15) is 0 Å². The molecule has 4 rings (SSSR count). The molecule has 0 aliphatic rings. The lowest BCUT2D eigenvalue weighted by Gasteiger charge is -2.27. The predicted molar refractivity (Wildman–Crippen MR) is 162 cm³/mol. The Labute approximate surface area is 248 Å². The summed E-state index contributed by atoms with van der Waals surface area (Å²) < 4.78 is 42.1. The molecule has 0 atom stereocenters. The summed E-state index contributed by atoms with van der Waals surface area (Å²) in [6, 6.07) is 24.3. The van der Waals surface area contributed by atoms with Crippen LogP contribution in [0, 0.1) is 11.2 Å². The Morgan fingerprint density at radius 2 is 1.63 bits per heavy atom. The van der Waals surface area contributed by atoms with Crippen molar-refractivity contribution in [3.8, 4) is 16.9 Å². The predicted octanol–water partition coefficient (Wildman–Crippen LogP) is 5.70. The fourth-order valence-corrected chi connectivity index (χ4v) is 4.96. The third-order valence-electron chi connectivity index (χ3n) is 6.34. The standard InChI is InChI=1S/C31H30FN5O5S/c1-20(2)37(30(38)35-25-14-10-22(11-15-25)27-8-3-4-9-28(27)43(34,40)41)19-21-6-5-7-23(18-21)29(33)36-31(39)42-26-16-12-24(32)13-17-26/h3-18,20H,19H2,1-2H3,(H,35,38)(H2,33,36,39)(H2,34,40,41). The van der Waals surface area contributed by atoms with Gasteiger partial charge in [-0.1, -0.05) is 48.5 Å². The summed E-state index contributed by atoms with van der Waals surface area (Å²) in [5, 5.41) is 18.8. The number of carbonyl (C=O) groups excluding carboxylic acids is 2. The van der Waals surface area contributed by atoms with E-state index in [0.29, 0.717) is 22.4 Å². The molecule has 4 aromatic rings. The summed E-state index contributed by atoms with van der Waals surface area (Å²) in [6.45, 7) is 3.95. The van der Waals surface area contributed by atoms with Crippen molar-refractivity contribution in [1.29, 1.82) is 5.41 Å². The maximum atomic E-state index is 13.2. The van der Waals surface area contributed by atoms with Gasteiger partial charge in [0.1, 0.15) is 17.4 Å². The highest BCUT2D eigenvalue weighted by Crippen LogP contribution is 2.28. The number of benzene rings is 4. The number of amides is 3. The number of halogens is 1. The number of nitrogens with two attached hydrogens (primary N) is 1. The molecule has 222 valence electrons. The van der Waals surface area contributed by atoms with E-state index in [1.54, 1.807) is 71.6 Å². The van der Waals surface area contributed by atoms with E-state index in [1.165, 1.54) is 18.2 Å². The van der Waals surface area contributed by atoms with Gasteiger partial charge in [0, 0.05) is 29.4 Å². The zero-order chi connectivity index (χ0) is 31.1. The van der Waals surface area contributed by atoms with E-state index in [2.05, 4.69) is 10.6 Å². The summed E-state index contributed by atoms with van der Waals surface area (Å²) in [6.07, 6.45) is -0.899. The number of anilines is 1. The van der Waals surface area contributed by atoms with E-state index in [1.807, 2.05) is 13.8 Å². The van der Waals surface area contributed by atoms with Crippen molar-refractivity contribution < 1.29 is 27.1 Å². The second-order valence-electron chi connectivity index (χ2n) is 9.81. The first-order valence-corrected chi connectivity index (χ1v) is 14.7. The van der Waals surface area contributed by atoms with Crippen molar-refractivity contribution in [1.82, 2.24) is 10.2 Å². The Hall–Kier alpha value is -5.07. The van der Waals surface area contributed by atoms with Gasteiger partial charge in [-0.25, -0.2) is 27.5 Å². The van der Waals surface area contributed by atoms with Crippen LogP contribution in [0.2, 0.25) is 0 Å². The fraction of sp³-hybridized carbons (Fsp3) is 0.129. The average Bonchev–Trinajstić information content (AvgIpc) is 2.97. The largest absolute Gasteiger partial charge is 0.418 e. The van der Waals surface area contributed by atoms with Crippen molar-refractivity contribution in [2.45, 2.75) is 31.3 Å². The highest BCUT2D eigenvalue weighted by molar-refractivity contribution is 7.89. The van der Waals surface area contributed by atoms with Gasteiger partial charge in [0.25, 0.3) is 0 Å². The van der Waals surface area contributed by atoms with Crippen molar-refractivity contribution in [3.05, 3.63) is 114 Å². The van der Waals surface area contributed by atoms with Gasteiger partial charge in [-0.05, 0) is 73.5 Å². The second-order valence-corrected chi connectivity index (χ2v) is 11.3. The Bertz CT molecular complexity index is 1740. The molecule has 0 fully saturated rings. The van der Waals surface area contributed by atoms with Gasteiger partial charge >= 0.3 is 12.1 Å². The SMILES string of the molecule is CC(C)N(Cc1cccc(C(=N)NC(=O)Oc2ccc(F)cc2)c1)C(=O)Nc1ccc(-c2ccccc2S(N)(=O)=O)cc1. The van der Waals surface area contributed by atoms with Crippen LogP contribution in [0.5, 0.6) is 5.75 Å². The smallest absolute Gasteiger partial charge is 0.410 e. The number of hydrogen-bond acceptors (Lipinski definition) is 6. The molecule has 4 aromatic carbocycles. The molecule has 43 heavy (non-hydrogen) atoms. The van der Waals surface area contributed by atoms with Gasteiger partial charge in [0.05, 0.1) is 4.90 Å². The van der Waals surface area contributed by atoms with E-state index < -0.39 is 21.9 Å². The van der Waals surface area contributed by atoms with Crippen LogP contribution in [0.3, 0.4) is 0 Å². The third kappa shape index (κ3) is 8.24. The number of hydrogen-bond donors (Lipinski definition) is 4. The lowest BCUT2D eigenvalue weighted by molar-refractivity contribution is 0.193. The van der Waals surface area contributed by atoms with Gasteiger partial charge in [-0.15, -0.1) is 0 Å². The van der Waals surface area contributed by atoms with Crippen LogP contribution < -0.4 is 20.5 Å². The van der Waals surface area contributed by atoms with Crippen molar-refractivity contribution in [2.75, 3.05) is 5.32 Å². The Kier molecular flexibility index (Phi) is 9.53. The minimum atomic E-state index is -3.92. The topological polar surface area (TPSA) is 155 Å². The van der Waals surface area contributed by atoms with Crippen LogP contribution in [-0.4, -0.2) is 37.3 Å². The number of sulfonamides is 1. The van der Waals surface area contributed by atoms with E-state index in [4.69, 9.17) is 15.3 Å². The van der Waals surface area contributed by atoms with Crippen molar-refractivity contribution >= 4 is 33.7 Å². The van der Waals surface area contributed by atoms with Crippen LogP contribution in [-0.2, 0) is 16.6 Å². The molecule has 0 heterocycles. The number of primary sulfonamides is 1. The monoisotopic (exact) mass is 603 g/mol. The minimum Gasteiger partial charge on any atom is -0.410 e. The highest BCUT2D eigenvalue weighted by atomic mass is 32.2. The summed E-state index contributed by atoms with van der Waals surface area (Å²) in [7, 11) is -3.92. The van der Waals surface area contributed by atoms with E-state index >= 15 is 0 Å². The van der Waals surface area contributed by atoms with Crippen LogP contribution in [0.25, 0.3) is 11.1 Å². The van der Waals surface area contributed by atoms with Crippen molar-refractivity contribution in [2.24, 2.45) is 5.14 Å². The quantitative estimate of drug-likeness (QED) is 0.150. The Morgan fingerprint density at radius 1 is 0.953 bits per heavy atom. The van der Waals surface area contributed by atoms with Crippen LogP contribution in [0.15, 0.2) is 102 Å². The van der Waals surface area contributed by atoms with Gasteiger partial charge in [-0.3, -0.25) is 10.7 Å². The Morgan fingerprint density at radius 3 is 2.28 bits per heavy atom. The molecule has 0 spiro atoms. The molecular formula is C31H30FN5O5S. The Balaban J connectivity index is 1.41. The first kappa shape index (κ1) is 30.9. The zero-order valence-corrected chi connectivity index (χ0v) is 24.2. The molecule has 5 N–H and O–H groups in total. The number of urea groups is 1. The summed E-state index contributed by atoms with van der Waals surface area (Å²) in [5.41, 5.74) is 2.70. The molecule has 0 radical (unpaired) electrons. The summed E-state index contributed by atoms with van der Waals surface area (Å²) >= 11 is 0. The molecule has 12 heteroatoms. The minimum absolute atomic E-state index is 0.00745. The fourth-order valence-electron chi connectivity index (χ4n) is 4.20. The molecule has 0 aliphatic carbocycles. The third-order valence-corrected chi connectivity index (χ3v) is 7.31. The van der Waals surface area contributed by atoms with Crippen molar-refractivity contribution in [3.63, 3.8) is 0 Å².